The summed E-state index contributed by atoms with van der Waals surface area (Å²) in [6.07, 6.45) is 7.57. The van der Waals surface area contributed by atoms with Gasteiger partial charge < -0.3 is 9.84 Å². The van der Waals surface area contributed by atoms with Crippen LogP contribution in [0.25, 0.3) is 5.69 Å². The fourth-order valence-corrected chi connectivity index (χ4v) is 3.33. The minimum absolute atomic E-state index is 0.376. The molecular weight excluding hydrogens is 276 g/mol. The smallest absolute Gasteiger partial charge is 0.119 e. The largest absolute Gasteiger partial charge is 0.497 e. The Bertz CT molecular complexity index is 613. The summed E-state index contributed by atoms with van der Waals surface area (Å²) < 4.78 is 7.03. The molecule has 4 heteroatoms. The van der Waals surface area contributed by atoms with E-state index < -0.39 is 6.10 Å². The van der Waals surface area contributed by atoms with E-state index in [4.69, 9.17) is 4.74 Å². The van der Waals surface area contributed by atoms with Crippen molar-refractivity contribution in [1.29, 1.82) is 0 Å². The van der Waals surface area contributed by atoms with E-state index in [2.05, 4.69) is 5.10 Å². The Hall–Kier alpha value is -1.81. The van der Waals surface area contributed by atoms with Gasteiger partial charge in [-0.3, -0.25) is 0 Å². The van der Waals surface area contributed by atoms with E-state index >= 15 is 0 Å². The van der Waals surface area contributed by atoms with Gasteiger partial charge in [0.2, 0.25) is 0 Å². The van der Waals surface area contributed by atoms with Gasteiger partial charge in [0.1, 0.15) is 5.75 Å². The first kappa shape index (κ1) is 15.1. The molecule has 0 spiro atoms. The first-order valence-electron chi connectivity index (χ1n) is 8.07. The summed E-state index contributed by atoms with van der Waals surface area (Å²) in [5.41, 5.74) is 2.85. The molecule has 22 heavy (non-hydrogen) atoms. The Morgan fingerprint density at radius 1 is 1.18 bits per heavy atom. The fraction of sp³-hybridized carbons (Fsp3) is 0.500. The molecule has 0 saturated heterocycles. The number of hydrogen-bond acceptors (Lipinski definition) is 3. The Labute approximate surface area is 131 Å². The molecule has 0 amide bonds. The Kier molecular flexibility index (Phi) is 4.48. The second-order valence-corrected chi connectivity index (χ2v) is 6.16. The summed E-state index contributed by atoms with van der Waals surface area (Å²) in [7, 11) is 1.66. The van der Waals surface area contributed by atoms with Crippen LogP contribution in [0.15, 0.2) is 30.5 Å². The predicted molar refractivity (Wildman–Crippen MR) is 86.4 cm³/mol. The molecule has 0 radical (unpaired) electrons. The first-order chi connectivity index (χ1) is 10.7. The lowest BCUT2D eigenvalue weighted by atomic mass is 9.83. The van der Waals surface area contributed by atoms with Crippen molar-refractivity contribution >= 4 is 0 Å². The molecule has 1 unspecified atom stereocenters. The van der Waals surface area contributed by atoms with Gasteiger partial charge in [0.25, 0.3) is 0 Å². The number of hydrogen-bond donors (Lipinski definition) is 1. The Morgan fingerprint density at radius 2 is 1.86 bits per heavy atom. The van der Waals surface area contributed by atoms with Crippen LogP contribution in [0.1, 0.15) is 49.5 Å². The van der Waals surface area contributed by atoms with Crippen molar-refractivity contribution < 1.29 is 9.84 Å². The van der Waals surface area contributed by atoms with Gasteiger partial charge in [-0.15, -0.1) is 0 Å². The molecule has 4 nitrogen and oxygen atoms in total. The monoisotopic (exact) mass is 300 g/mol. The molecule has 1 fully saturated rings. The van der Waals surface area contributed by atoms with Crippen LogP contribution in [0.5, 0.6) is 5.75 Å². The first-order valence-corrected chi connectivity index (χ1v) is 8.07. The number of nitrogens with zero attached hydrogens (tertiary/aromatic N) is 2. The Morgan fingerprint density at radius 3 is 2.50 bits per heavy atom. The highest BCUT2D eigenvalue weighted by atomic mass is 16.5. The van der Waals surface area contributed by atoms with Gasteiger partial charge in [0.05, 0.1) is 24.6 Å². The predicted octanol–water partition coefficient (Wildman–Crippen LogP) is 3.80. The molecule has 1 aromatic carbocycles. The van der Waals surface area contributed by atoms with Gasteiger partial charge in [-0.25, -0.2) is 4.68 Å². The van der Waals surface area contributed by atoms with Crippen molar-refractivity contribution in [3.63, 3.8) is 0 Å². The summed E-state index contributed by atoms with van der Waals surface area (Å²) in [6.45, 7) is 1.97. The summed E-state index contributed by atoms with van der Waals surface area (Å²) in [5, 5.41) is 15.3. The van der Waals surface area contributed by atoms with Crippen LogP contribution in [0, 0.1) is 12.8 Å². The van der Waals surface area contributed by atoms with Gasteiger partial charge in [0.15, 0.2) is 0 Å². The third-order valence-corrected chi connectivity index (χ3v) is 4.69. The standard InChI is InChI=1S/C18H24N2O2/c1-13-17(18(21)14-6-4-3-5-7-14)12-20(19-13)15-8-10-16(22-2)11-9-15/h8-12,14,18,21H,3-7H2,1-2H3. The van der Waals surface area contributed by atoms with Gasteiger partial charge in [0, 0.05) is 11.8 Å². The summed E-state index contributed by atoms with van der Waals surface area (Å²) in [4.78, 5) is 0. The average Bonchev–Trinajstić information content (AvgIpc) is 2.97. The average molecular weight is 300 g/mol. The topological polar surface area (TPSA) is 47.3 Å². The van der Waals surface area contributed by atoms with E-state index in [0.29, 0.717) is 5.92 Å². The van der Waals surface area contributed by atoms with E-state index in [1.807, 2.05) is 42.1 Å². The van der Waals surface area contributed by atoms with Crippen molar-refractivity contribution in [2.75, 3.05) is 7.11 Å². The maximum Gasteiger partial charge on any atom is 0.119 e. The quantitative estimate of drug-likeness (QED) is 0.934. The molecule has 1 aromatic heterocycles. The molecule has 1 aliphatic rings. The number of aliphatic hydroxyl groups is 1. The molecule has 1 N–H and O–H groups in total. The van der Waals surface area contributed by atoms with Crippen molar-refractivity contribution in [1.82, 2.24) is 9.78 Å². The number of rotatable bonds is 4. The van der Waals surface area contributed by atoms with Crippen molar-refractivity contribution in [3.8, 4) is 11.4 Å². The normalized spacial score (nSPS) is 17.4. The molecule has 0 bridgehead atoms. The molecule has 1 heterocycles. The van der Waals surface area contributed by atoms with Crippen molar-refractivity contribution in [3.05, 3.63) is 41.7 Å². The molecule has 1 aliphatic carbocycles. The number of aromatic nitrogens is 2. The van der Waals surface area contributed by atoms with Gasteiger partial charge in [-0.05, 0) is 49.9 Å². The molecule has 118 valence electrons. The number of benzene rings is 1. The number of methoxy groups -OCH3 is 1. The zero-order chi connectivity index (χ0) is 15.5. The van der Waals surface area contributed by atoms with Gasteiger partial charge >= 0.3 is 0 Å². The molecule has 2 aromatic rings. The third kappa shape index (κ3) is 3.02. The molecular formula is C18H24N2O2. The zero-order valence-corrected chi connectivity index (χ0v) is 13.3. The molecule has 0 aliphatic heterocycles. The van der Waals surface area contributed by atoms with Gasteiger partial charge in [-0.2, -0.15) is 5.10 Å². The summed E-state index contributed by atoms with van der Waals surface area (Å²) >= 11 is 0. The van der Waals surface area contributed by atoms with Gasteiger partial charge in [-0.1, -0.05) is 19.3 Å². The van der Waals surface area contributed by atoms with Crippen molar-refractivity contribution in [2.45, 2.75) is 45.1 Å². The number of aryl methyl sites for hydroxylation is 1. The molecule has 1 saturated carbocycles. The SMILES string of the molecule is COc1ccc(-n2cc(C(O)C3CCCCC3)c(C)n2)cc1. The van der Waals surface area contributed by atoms with E-state index in [1.165, 1.54) is 19.3 Å². The highest BCUT2D eigenvalue weighted by Crippen LogP contribution is 2.35. The van der Waals surface area contributed by atoms with Crippen LogP contribution in [-0.4, -0.2) is 22.0 Å². The number of ether oxygens (including phenoxy) is 1. The summed E-state index contributed by atoms with van der Waals surface area (Å²) in [5.74, 6) is 1.20. The van der Waals surface area contributed by atoms with Crippen LogP contribution in [0.4, 0.5) is 0 Å². The lowest BCUT2D eigenvalue weighted by Gasteiger charge is -2.26. The van der Waals surface area contributed by atoms with E-state index in [-0.39, 0.29) is 0 Å². The second kappa shape index (κ2) is 6.53. The number of aliphatic hydroxyl groups excluding tert-OH is 1. The maximum absolute atomic E-state index is 10.7. The van der Waals surface area contributed by atoms with Crippen LogP contribution in [-0.2, 0) is 0 Å². The highest BCUT2D eigenvalue weighted by Gasteiger charge is 2.25. The fourth-order valence-electron chi connectivity index (χ4n) is 3.33. The Balaban J connectivity index is 1.82. The lowest BCUT2D eigenvalue weighted by molar-refractivity contribution is 0.0843. The zero-order valence-electron chi connectivity index (χ0n) is 13.3. The van der Waals surface area contributed by atoms with E-state index in [0.717, 1.165) is 35.5 Å². The minimum Gasteiger partial charge on any atom is -0.497 e. The van der Waals surface area contributed by atoms with E-state index in [9.17, 15) is 5.11 Å². The van der Waals surface area contributed by atoms with Crippen molar-refractivity contribution in [2.24, 2.45) is 5.92 Å². The molecule has 3 rings (SSSR count). The van der Waals surface area contributed by atoms with Crippen LogP contribution in [0.3, 0.4) is 0 Å². The van der Waals surface area contributed by atoms with E-state index in [1.54, 1.807) is 7.11 Å². The maximum atomic E-state index is 10.7. The summed E-state index contributed by atoms with van der Waals surface area (Å²) in [6, 6.07) is 7.79. The second-order valence-electron chi connectivity index (χ2n) is 6.16. The van der Waals surface area contributed by atoms with Crippen LogP contribution < -0.4 is 4.74 Å². The van der Waals surface area contributed by atoms with Crippen LogP contribution >= 0.6 is 0 Å². The highest BCUT2D eigenvalue weighted by molar-refractivity contribution is 5.38. The van der Waals surface area contributed by atoms with Crippen LogP contribution in [0.2, 0.25) is 0 Å². The molecule has 1 atom stereocenters. The third-order valence-electron chi connectivity index (χ3n) is 4.69. The lowest BCUT2D eigenvalue weighted by Crippen LogP contribution is -2.16. The minimum atomic E-state index is -0.396.